The molecule has 0 spiro atoms. The van der Waals surface area contributed by atoms with Crippen LogP contribution in [0.15, 0.2) is 48.5 Å². The molecule has 0 aliphatic heterocycles. The lowest BCUT2D eigenvalue weighted by atomic mass is 10.0. The number of anilines is 1. The Bertz CT molecular complexity index is 1060. The molecule has 3 rings (SSSR count). The number of ketones is 1. The van der Waals surface area contributed by atoms with Gasteiger partial charge in [0.1, 0.15) is 17.2 Å². The molecule has 3 aromatic carbocycles. The molecule has 3 aromatic rings. The van der Waals surface area contributed by atoms with Crippen molar-refractivity contribution in [2.24, 2.45) is 0 Å². The maximum absolute atomic E-state index is 13.4. The zero-order valence-corrected chi connectivity index (χ0v) is 16.2. The minimum atomic E-state index is -0.299. The number of fused-ring (bicyclic) bond motifs is 1. The van der Waals surface area contributed by atoms with Crippen molar-refractivity contribution in [1.29, 1.82) is 0 Å². The van der Waals surface area contributed by atoms with Gasteiger partial charge < -0.3 is 19.5 Å². The van der Waals surface area contributed by atoms with Crippen molar-refractivity contribution >= 4 is 28.2 Å². The summed E-state index contributed by atoms with van der Waals surface area (Å²) in [7, 11) is 4.60. The molecular formula is C22H21NO5. The van der Waals surface area contributed by atoms with Gasteiger partial charge in [-0.25, -0.2) is 0 Å². The predicted octanol–water partition coefficient (Wildman–Crippen LogP) is 4.06. The Morgan fingerprint density at radius 1 is 0.821 bits per heavy atom. The van der Waals surface area contributed by atoms with Gasteiger partial charge in [-0.2, -0.15) is 0 Å². The van der Waals surface area contributed by atoms with Crippen LogP contribution >= 0.6 is 0 Å². The fourth-order valence-corrected chi connectivity index (χ4v) is 3.22. The molecule has 0 saturated heterocycles. The molecule has 28 heavy (non-hydrogen) atoms. The smallest absolute Gasteiger partial charge is 0.221 e. The SMILES string of the molecule is COc1cc([13C](=O)c2ccccc2NC(C)=O)c(OC)c2c(OC)cccc12. The van der Waals surface area contributed by atoms with Crippen molar-refractivity contribution in [1.82, 2.24) is 0 Å². The Labute approximate surface area is 163 Å². The van der Waals surface area contributed by atoms with Crippen molar-refractivity contribution in [2.45, 2.75) is 6.92 Å². The Morgan fingerprint density at radius 2 is 1.54 bits per heavy atom. The number of amides is 1. The number of benzene rings is 3. The summed E-state index contributed by atoms with van der Waals surface area (Å²) in [6, 6.07) is 14.0. The van der Waals surface area contributed by atoms with Gasteiger partial charge in [-0.15, -0.1) is 0 Å². The summed E-state index contributed by atoms with van der Waals surface area (Å²) in [5.41, 5.74) is 1.10. The van der Waals surface area contributed by atoms with Crippen molar-refractivity contribution in [3.63, 3.8) is 0 Å². The Balaban J connectivity index is 2.29. The van der Waals surface area contributed by atoms with Gasteiger partial charge in [-0.3, -0.25) is 9.59 Å². The van der Waals surface area contributed by atoms with Gasteiger partial charge in [-0.1, -0.05) is 24.3 Å². The molecule has 0 aromatic heterocycles. The summed E-state index contributed by atoms with van der Waals surface area (Å²) in [6.07, 6.45) is 0. The number of para-hydroxylation sites is 1. The molecule has 0 saturated carbocycles. The van der Waals surface area contributed by atoms with Crippen molar-refractivity contribution < 1.29 is 23.8 Å². The van der Waals surface area contributed by atoms with Crippen LogP contribution in [0.3, 0.4) is 0 Å². The zero-order valence-electron chi connectivity index (χ0n) is 16.2. The van der Waals surface area contributed by atoms with Crippen molar-refractivity contribution in [3.05, 3.63) is 59.7 Å². The number of carbonyl (C=O) groups excluding carboxylic acids is 2. The molecular weight excluding hydrogens is 359 g/mol. The fourth-order valence-electron chi connectivity index (χ4n) is 3.22. The van der Waals surface area contributed by atoms with E-state index in [4.69, 9.17) is 14.2 Å². The Kier molecular flexibility index (Phi) is 5.49. The molecule has 0 radical (unpaired) electrons. The number of nitrogens with one attached hydrogen (secondary N) is 1. The maximum Gasteiger partial charge on any atom is 0.221 e. The maximum atomic E-state index is 13.4. The first-order valence-electron chi connectivity index (χ1n) is 8.64. The lowest BCUT2D eigenvalue weighted by Crippen LogP contribution is -2.12. The Hall–Kier alpha value is -3.54. The topological polar surface area (TPSA) is 73.9 Å². The molecule has 0 heterocycles. The number of hydrogen-bond acceptors (Lipinski definition) is 5. The average molecular weight is 380 g/mol. The third kappa shape index (κ3) is 3.36. The number of carbonyl (C=O) groups is 2. The summed E-state index contributed by atoms with van der Waals surface area (Å²) in [5, 5.41) is 4.11. The third-order valence-electron chi connectivity index (χ3n) is 4.41. The second kappa shape index (κ2) is 8.00. The lowest BCUT2D eigenvalue weighted by Gasteiger charge is -2.17. The molecule has 1 N–H and O–H groups in total. The highest BCUT2D eigenvalue weighted by atomic mass is 16.5. The lowest BCUT2D eigenvalue weighted by molar-refractivity contribution is -0.114. The second-order valence-corrected chi connectivity index (χ2v) is 6.10. The third-order valence-corrected chi connectivity index (χ3v) is 4.41. The van der Waals surface area contributed by atoms with E-state index in [2.05, 4.69) is 5.32 Å². The molecule has 0 unspecified atom stereocenters. The molecule has 6 heteroatoms. The van der Waals surface area contributed by atoms with E-state index < -0.39 is 0 Å². The predicted molar refractivity (Wildman–Crippen MR) is 108 cm³/mol. The van der Waals surface area contributed by atoms with Crippen LogP contribution in [0, 0.1) is 0 Å². The van der Waals surface area contributed by atoms with Crippen LogP contribution < -0.4 is 19.5 Å². The van der Waals surface area contributed by atoms with Gasteiger partial charge in [0.05, 0.1) is 38.0 Å². The quantitative estimate of drug-likeness (QED) is 0.516. The van der Waals surface area contributed by atoms with Gasteiger partial charge in [0.15, 0.2) is 5.78 Å². The molecule has 0 atom stereocenters. The first-order chi connectivity index (χ1) is 13.5. The van der Waals surface area contributed by atoms with Gasteiger partial charge in [-0.05, 0) is 24.3 Å². The van der Waals surface area contributed by atoms with E-state index in [1.807, 2.05) is 12.1 Å². The van der Waals surface area contributed by atoms with E-state index in [0.29, 0.717) is 39.4 Å². The van der Waals surface area contributed by atoms with Crippen LogP contribution in [-0.2, 0) is 4.79 Å². The summed E-state index contributed by atoms with van der Waals surface area (Å²) < 4.78 is 16.6. The molecule has 0 bridgehead atoms. The van der Waals surface area contributed by atoms with E-state index in [0.717, 1.165) is 5.39 Å². The molecule has 144 valence electrons. The monoisotopic (exact) mass is 380 g/mol. The van der Waals surface area contributed by atoms with Crippen LogP contribution in [0.5, 0.6) is 17.2 Å². The summed E-state index contributed by atoms with van der Waals surface area (Å²) in [4.78, 5) is 24.9. The zero-order chi connectivity index (χ0) is 20.3. The van der Waals surface area contributed by atoms with E-state index >= 15 is 0 Å². The minimum Gasteiger partial charge on any atom is -0.496 e. The molecule has 0 aliphatic rings. The van der Waals surface area contributed by atoms with E-state index in [9.17, 15) is 9.59 Å². The van der Waals surface area contributed by atoms with Gasteiger partial charge in [0.25, 0.3) is 0 Å². The molecule has 6 nitrogen and oxygen atoms in total. The van der Waals surface area contributed by atoms with E-state index in [1.54, 1.807) is 50.6 Å². The highest BCUT2D eigenvalue weighted by molar-refractivity contribution is 6.18. The first kappa shape index (κ1) is 19.2. The van der Waals surface area contributed by atoms with Gasteiger partial charge >= 0.3 is 0 Å². The normalized spacial score (nSPS) is 10.4. The number of methoxy groups -OCH3 is 3. The van der Waals surface area contributed by atoms with Crippen molar-refractivity contribution in [2.75, 3.05) is 26.6 Å². The molecule has 1 amide bonds. The van der Waals surface area contributed by atoms with Crippen LogP contribution in [0.4, 0.5) is 5.69 Å². The van der Waals surface area contributed by atoms with Crippen LogP contribution in [0.25, 0.3) is 10.8 Å². The minimum absolute atomic E-state index is 0.259. The largest absolute Gasteiger partial charge is 0.496 e. The number of hydrogen-bond donors (Lipinski definition) is 1. The first-order valence-corrected chi connectivity index (χ1v) is 8.64. The Morgan fingerprint density at radius 3 is 2.18 bits per heavy atom. The second-order valence-electron chi connectivity index (χ2n) is 6.10. The number of ether oxygens (including phenoxy) is 3. The highest BCUT2D eigenvalue weighted by Crippen LogP contribution is 2.42. The standard InChI is InChI=1S/C22H21NO5/c1-13(24)23-17-10-6-5-8-14(17)21(25)16-12-19(27-3)15-9-7-11-18(26-2)20(15)22(16)28-4/h5-12H,1-4H3,(H,23,24)/i21+1. The van der Waals surface area contributed by atoms with Gasteiger partial charge in [0, 0.05) is 17.9 Å². The fraction of sp³-hybridized carbons (Fsp3) is 0.182. The van der Waals surface area contributed by atoms with E-state index in [1.165, 1.54) is 14.0 Å². The average Bonchev–Trinajstić information content (AvgIpc) is 2.71. The van der Waals surface area contributed by atoms with Crippen LogP contribution in [-0.4, -0.2) is 33.0 Å². The van der Waals surface area contributed by atoms with Gasteiger partial charge in [0.2, 0.25) is 5.91 Å². The molecule has 0 aliphatic carbocycles. The molecule has 0 fully saturated rings. The number of rotatable bonds is 6. The summed E-state index contributed by atoms with van der Waals surface area (Å²) in [5.74, 6) is 0.917. The van der Waals surface area contributed by atoms with Crippen molar-refractivity contribution in [3.8, 4) is 17.2 Å². The van der Waals surface area contributed by atoms with Crippen LogP contribution in [0.1, 0.15) is 22.8 Å². The van der Waals surface area contributed by atoms with Crippen LogP contribution in [0.2, 0.25) is 0 Å². The highest BCUT2D eigenvalue weighted by Gasteiger charge is 2.24. The summed E-state index contributed by atoms with van der Waals surface area (Å²) in [6.45, 7) is 1.39. The summed E-state index contributed by atoms with van der Waals surface area (Å²) >= 11 is 0. The van der Waals surface area contributed by atoms with E-state index in [-0.39, 0.29) is 11.7 Å².